The molecule has 1 aliphatic heterocycles. The molecule has 3 N–H and O–H groups in total. The Morgan fingerprint density at radius 1 is 1.69 bits per heavy atom. The van der Waals surface area contributed by atoms with Gasteiger partial charge in [-0.05, 0) is 48.4 Å². The van der Waals surface area contributed by atoms with Crippen LogP contribution in [0.1, 0.15) is 12.8 Å². The standard InChI is InChI=1S/C11H17BrN4/c1-16-4-2-3-9(16)7-15-11-10(13)5-8(12)6-14-11/h5-6,9H,2-4,7,13H2,1H3,(H,14,15). The molecule has 0 bridgehead atoms. The van der Waals surface area contributed by atoms with Gasteiger partial charge in [0.05, 0.1) is 5.69 Å². The summed E-state index contributed by atoms with van der Waals surface area (Å²) >= 11 is 3.34. The van der Waals surface area contributed by atoms with Gasteiger partial charge in [0.2, 0.25) is 0 Å². The lowest BCUT2D eigenvalue weighted by atomic mass is 10.2. The number of hydrogen-bond donors (Lipinski definition) is 2. The van der Waals surface area contributed by atoms with Crippen LogP contribution in [0.25, 0.3) is 0 Å². The van der Waals surface area contributed by atoms with E-state index >= 15 is 0 Å². The van der Waals surface area contributed by atoms with Crippen molar-refractivity contribution in [2.24, 2.45) is 0 Å². The Balaban J connectivity index is 1.94. The first-order valence-corrected chi connectivity index (χ1v) is 6.31. The minimum Gasteiger partial charge on any atom is -0.396 e. The summed E-state index contributed by atoms with van der Waals surface area (Å²) in [5.74, 6) is 0.781. The average molecular weight is 285 g/mol. The van der Waals surface area contributed by atoms with Gasteiger partial charge in [-0.2, -0.15) is 0 Å². The molecule has 4 nitrogen and oxygen atoms in total. The number of halogens is 1. The van der Waals surface area contributed by atoms with Crippen molar-refractivity contribution in [2.75, 3.05) is 31.2 Å². The lowest BCUT2D eigenvalue weighted by molar-refractivity contribution is 0.322. The third-order valence-corrected chi connectivity index (χ3v) is 3.49. The number of nitrogen functional groups attached to an aromatic ring is 1. The normalized spacial score (nSPS) is 21.2. The number of likely N-dealkylation sites (N-methyl/N-ethyl adjacent to an activating group) is 1. The molecule has 0 amide bonds. The number of nitrogens with one attached hydrogen (secondary N) is 1. The van der Waals surface area contributed by atoms with Gasteiger partial charge in [0, 0.05) is 23.3 Å². The Kier molecular flexibility index (Phi) is 3.66. The van der Waals surface area contributed by atoms with E-state index < -0.39 is 0 Å². The molecule has 0 spiro atoms. The topological polar surface area (TPSA) is 54.2 Å². The fourth-order valence-corrected chi connectivity index (χ4v) is 2.40. The molecule has 5 heteroatoms. The van der Waals surface area contributed by atoms with Crippen molar-refractivity contribution < 1.29 is 0 Å². The summed E-state index contributed by atoms with van der Waals surface area (Å²) in [6.07, 6.45) is 4.29. The number of nitrogens with zero attached hydrogens (tertiary/aromatic N) is 2. The number of pyridine rings is 1. The average Bonchev–Trinajstić information content (AvgIpc) is 2.63. The number of nitrogens with two attached hydrogens (primary N) is 1. The van der Waals surface area contributed by atoms with Gasteiger partial charge in [-0.25, -0.2) is 4.98 Å². The first kappa shape index (κ1) is 11.7. The van der Waals surface area contributed by atoms with Crippen LogP contribution < -0.4 is 11.1 Å². The van der Waals surface area contributed by atoms with E-state index in [1.165, 1.54) is 19.4 Å². The first-order chi connectivity index (χ1) is 7.66. The van der Waals surface area contributed by atoms with Gasteiger partial charge in [0.15, 0.2) is 0 Å². The van der Waals surface area contributed by atoms with Gasteiger partial charge < -0.3 is 16.0 Å². The van der Waals surface area contributed by atoms with Crippen molar-refractivity contribution in [2.45, 2.75) is 18.9 Å². The summed E-state index contributed by atoms with van der Waals surface area (Å²) in [6.45, 7) is 2.10. The monoisotopic (exact) mass is 284 g/mol. The molecule has 0 aliphatic carbocycles. The molecule has 1 aromatic heterocycles. The lowest BCUT2D eigenvalue weighted by Crippen LogP contribution is -2.31. The van der Waals surface area contributed by atoms with Gasteiger partial charge in [-0.15, -0.1) is 0 Å². The summed E-state index contributed by atoms with van der Waals surface area (Å²) < 4.78 is 0.911. The fraction of sp³-hybridized carbons (Fsp3) is 0.545. The maximum Gasteiger partial charge on any atom is 0.149 e. The second-order valence-electron chi connectivity index (χ2n) is 4.25. The van der Waals surface area contributed by atoms with Gasteiger partial charge in [-0.3, -0.25) is 0 Å². The molecule has 88 valence electrons. The van der Waals surface area contributed by atoms with E-state index in [4.69, 9.17) is 5.73 Å². The second-order valence-corrected chi connectivity index (χ2v) is 5.16. The molecule has 2 rings (SSSR count). The third-order valence-electron chi connectivity index (χ3n) is 3.06. The highest BCUT2D eigenvalue weighted by atomic mass is 79.9. The number of likely N-dealkylation sites (tertiary alicyclic amines) is 1. The van der Waals surface area contributed by atoms with E-state index in [1.807, 2.05) is 6.07 Å². The number of rotatable bonds is 3. The Labute approximate surface area is 104 Å². The van der Waals surface area contributed by atoms with Crippen LogP contribution in [0.4, 0.5) is 11.5 Å². The Morgan fingerprint density at radius 2 is 2.50 bits per heavy atom. The summed E-state index contributed by atoms with van der Waals surface area (Å²) in [5, 5.41) is 3.31. The quantitative estimate of drug-likeness (QED) is 0.891. The minimum atomic E-state index is 0.602. The van der Waals surface area contributed by atoms with Crippen LogP contribution in [-0.2, 0) is 0 Å². The van der Waals surface area contributed by atoms with E-state index in [-0.39, 0.29) is 0 Å². The zero-order valence-corrected chi connectivity index (χ0v) is 11.0. The Morgan fingerprint density at radius 3 is 3.12 bits per heavy atom. The summed E-state index contributed by atoms with van der Waals surface area (Å²) in [6, 6.07) is 2.47. The maximum absolute atomic E-state index is 5.87. The van der Waals surface area contributed by atoms with Crippen molar-refractivity contribution in [3.8, 4) is 0 Å². The molecule has 1 atom stereocenters. The zero-order valence-electron chi connectivity index (χ0n) is 9.41. The van der Waals surface area contributed by atoms with Crippen LogP contribution in [-0.4, -0.2) is 36.1 Å². The van der Waals surface area contributed by atoms with Gasteiger partial charge in [0.25, 0.3) is 0 Å². The zero-order chi connectivity index (χ0) is 11.5. The van der Waals surface area contributed by atoms with Crippen molar-refractivity contribution in [3.05, 3.63) is 16.7 Å². The van der Waals surface area contributed by atoms with Crippen molar-refractivity contribution in [1.29, 1.82) is 0 Å². The molecule has 2 heterocycles. The Bertz CT molecular complexity index is 369. The number of anilines is 2. The molecule has 16 heavy (non-hydrogen) atoms. The van der Waals surface area contributed by atoms with E-state index in [1.54, 1.807) is 6.20 Å². The molecule has 0 saturated carbocycles. The molecule has 0 aromatic carbocycles. The van der Waals surface area contributed by atoms with Gasteiger partial charge >= 0.3 is 0 Å². The van der Waals surface area contributed by atoms with E-state index in [0.29, 0.717) is 11.7 Å². The van der Waals surface area contributed by atoms with Crippen LogP contribution >= 0.6 is 15.9 Å². The van der Waals surface area contributed by atoms with Crippen LogP contribution in [0.2, 0.25) is 0 Å². The predicted octanol–water partition coefficient (Wildman–Crippen LogP) is 1.93. The highest BCUT2D eigenvalue weighted by Gasteiger charge is 2.20. The van der Waals surface area contributed by atoms with Gasteiger partial charge in [0.1, 0.15) is 5.82 Å². The third kappa shape index (κ3) is 2.65. The van der Waals surface area contributed by atoms with Crippen molar-refractivity contribution in [1.82, 2.24) is 9.88 Å². The number of aromatic nitrogens is 1. The Hall–Kier alpha value is -0.810. The first-order valence-electron chi connectivity index (χ1n) is 5.52. The van der Waals surface area contributed by atoms with Crippen LogP contribution in [0.5, 0.6) is 0 Å². The lowest BCUT2D eigenvalue weighted by Gasteiger charge is -2.20. The molecule has 1 unspecified atom stereocenters. The van der Waals surface area contributed by atoms with E-state index in [0.717, 1.165) is 16.8 Å². The van der Waals surface area contributed by atoms with Crippen molar-refractivity contribution in [3.63, 3.8) is 0 Å². The molecule has 1 aromatic rings. The fourth-order valence-electron chi connectivity index (χ4n) is 2.05. The molecule has 1 fully saturated rings. The molecular weight excluding hydrogens is 268 g/mol. The molecule has 1 aliphatic rings. The maximum atomic E-state index is 5.87. The molecular formula is C11H17BrN4. The van der Waals surface area contributed by atoms with Crippen LogP contribution in [0, 0.1) is 0 Å². The molecule has 0 radical (unpaired) electrons. The van der Waals surface area contributed by atoms with Crippen LogP contribution in [0.15, 0.2) is 16.7 Å². The molecule has 1 saturated heterocycles. The second kappa shape index (κ2) is 5.01. The smallest absolute Gasteiger partial charge is 0.149 e. The largest absolute Gasteiger partial charge is 0.396 e. The summed E-state index contributed by atoms with van der Waals surface area (Å²) in [4.78, 5) is 6.64. The summed E-state index contributed by atoms with van der Waals surface area (Å²) in [5.41, 5.74) is 6.56. The predicted molar refractivity (Wildman–Crippen MR) is 70.5 cm³/mol. The minimum absolute atomic E-state index is 0.602. The highest BCUT2D eigenvalue weighted by molar-refractivity contribution is 9.10. The van der Waals surface area contributed by atoms with E-state index in [2.05, 4.69) is 38.2 Å². The van der Waals surface area contributed by atoms with Crippen molar-refractivity contribution >= 4 is 27.4 Å². The van der Waals surface area contributed by atoms with Crippen LogP contribution in [0.3, 0.4) is 0 Å². The van der Waals surface area contributed by atoms with E-state index in [9.17, 15) is 0 Å². The SMILES string of the molecule is CN1CCCC1CNc1ncc(Br)cc1N. The highest BCUT2D eigenvalue weighted by Crippen LogP contribution is 2.21. The number of hydrogen-bond acceptors (Lipinski definition) is 4. The summed E-state index contributed by atoms with van der Waals surface area (Å²) in [7, 11) is 2.16. The van der Waals surface area contributed by atoms with Gasteiger partial charge in [-0.1, -0.05) is 0 Å².